The molecular formula is C17H25N8O5P. The summed E-state index contributed by atoms with van der Waals surface area (Å²) in [6.45, 7) is 8.86. The first-order valence-corrected chi connectivity index (χ1v) is 10.8. The molecule has 0 radical (unpaired) electrons. The zero-order valence-electron chi connectivity index (χ0n) is 17.0. The van der Waals surface area contributed by atoms with Crippen LogP contribution in [-0.2, 0) is 13.6 Å². The fourth-order valence-corrected chi connectivity index (χ4v) is 2.87. The van der Waals surface area contributed by atoms with Gasteiger partial charge in [-0.25, -0.2) is 0 Å². The van der Waals surface area contributed by atoms with Gasteiger partial charge in [0.15, 0.2) is 0 Å². The summed E-state index contributed by atoms with van der Waals surface area (Å²) < 4.78 is 33.9. The molecule has 0 fully saturated rings. The Kier molecular flexibility index (Phi) is 8.14. The van der Waals surface area contributed by atoms with Crippen molar-refractivity contribution in [1.82, 2.24) is 19.9 Å². The van der Waals surface area contributed by atoms with Crippen LogP contribution in [0.3, 0.4) is 0 Å². The summed E-state index contributed by atoms with van der Waals surface area (Å²) in [5.74, 6) is 0.688. The minimum Gasteiger partial charge on any atom is -0.473 e. The molecular weight excluding hydrogens is 427 g/mol. The van der Waals surface area contributed by atoms with E-state index in [0.717, 1.165) is 0 Å². The zero-order valence-corrected chi connectivity index (χ0v) is 17.9. The van der Waals surface area contributed by atoms with Gasteiger partial charge >= 0.3 is 7.60 Å². The molecule has 0 amide bonds. The van der Waals surface area contributed by atoms with Crippen LogP contribution < -0.4 is 32.4 Å². The highest BCUT2D eigenvalue weighted by atomic mass is 31.2. The molecule has 0 atom stereocenters. The maximum Gasteiger partial charge on any atom is 0.328 e. The summed E-state index contributed by atoms with van der Waals surface area (Å²) >= 11 is 0. The van der Waals surface area contributed by atoms with Crippen molar-refractivity contribution in [2.24, 2.45) is 0 Å². The van der Waals surface area contributed by atoms with E-state index in [4.69, 9.17) is 41.5 Å². The van der Waals surface area contributed by atoms with Crippen molar-refractivity contribution >= 4 is 31.1 Å². The molecule has 0 saturated carbocycles. The Bertz CT molecular complexity index is 886. The fraction of sp³-hybridized carbons (Fsp3) is 0.294. The fourth-order valence-electron chi connectivity index (χ4n) is 1.96. The summed E-state index contributed by atoms with van der Waals surface area (Å²) in [6, 6.07) is 2.83. The lowest BCUT2D eigenvalue weighted by Gasteiger charge is -2.16. The van der Waals surface area contributed by atoms with E-state index in [2.05, 4.69) is 33.1 Å². The molecule has 2 rings (SSSR count). The SMILES string of the molecule is C=C(COc1cc(N)nc(N)n1)COP(C)(=O)OCC(=C)COc1cc(N)nc(N)n1. The van der Waals surface area contributed by atoms with Gasteiger partial charge in [-0.2, -0.15) is 19.9 Å². The highest BCUT2D eigenvalue weighted by Gasteiger charge is 2.18. The van der Waals surface area contributed by atoms with Gasteiger partial charge in [-0.3, -0.25) is 4.57 Å². The zero-order chi connectivity index (χ0) is 23.0. The number of hydrogen-bond acceptors (Lipinski definition) is 13. The van der Waals surface area contributed by atoms with Crippen LogP contribution in [0.1, 0.15) is 0 Å². The van der Waals surface area contributed by atoms with Gasteiger partial charge in [0.1, 0.15) is 24.8 Å². The molecule has 2 aromatic rings. The first-order chi connectivity index (χ1) is 14.5. The van der Waals surface area contributed by atoms with Crippen molar-refractivity contribution in [2.75, 3.05) is 56.0 Å². The van der Waals surface area contributed by atoms with Crippen LogP contribution in [0.25, 0.3) is 0 Å². The van der Waals surface area contributed by atoms with E-state index < -0.39 is 7.60 Å². The second-order valence-electron chi connectivity index (χ2n) is 6.37. The lowest BCUT2D eigenvalue weighted by Crippen LogP contribution is -2.10. The van der Waals surface area contributed by atoms with Crippen LogP contribution in [-0.4, -0.2) is 53.0 Å². The average molecular weight is 452 g/mol. The summed E-state index contributed by atoms with van der Waals surface area (Å²) in [4.78, 5) is 15.2. The number of hydrogen-bond donors (Lipinski definition) is 4. The highest BCUT2D eigenvalue weighted by molar-refractivity contribution is 7.52. The number of rotatable bonds is 12. The van der Waals surface area contributed by atoms with Gasteiger partial charge in [0.2, 0.25) is 23.7 Å². The monoisotopic (exact) mass is 452 g/mol. The Balaban J connectivity index is 1.71. The first kappa shape index (κ1) is 23.9. The first-order valence-electron chi connectivity index (χ1n) is 8.78. The molecule has 0 aliphatic rings. The van der Waals surface area contributed by atoms with Gasteiger partial charge in [0.05, 0.1) is 13.2 Å². The van der Waals surface area contributed by atoms with E-state index in [-0.39, 0.29) is 61.7 Å². The molecule has 0 spiro atoms. The summed E-state index contributed by atoms with van der Waals surface area (Å²) in [6.07, 6.45) is 0. The molecule has 0 aliphatic carbocycles. The van der Waals surface area contributed by atoms with Crippen LogP contribution in [0.15, 0.2) is 36.4 Å². The van der Waals surface area contributed by atoms with Crippen molar-refractivity contribution < 1.29 is 23.1 Å². The van der Waals surface area contributed by atoms with Crippen LogP contribution in [0.5, 0.6) is 11.8 Å². The maximum atomic E-state index is 12.4. The molecule has 2 aromatic heterocycles. The van der Waals surface area contributed by atoms with Gasteiger partial charge in [0.25, 0.3) is 0 Å². The number of nitrogens with zero attached hydrogens (tertiary/aromatic N) is 4. The van der Waals surface area contributed by atoms with Crippen molar-refractivity contribution in [2.45, 2.75) is 0 Å². The van der Waals surface area contributed by atoms with Gasteiger partial charge in [-0.1, -0.05) is 13.2 Å². The van der Waals surface area contributed by atoms with Crippen molar-refractivity contribution in [3.05, 3.63) is 36.4 Å². The average Bonchev–Trinajstić information content (AvgIpc) is 2.66. The third kappa shape index (κ3) is 8.86. The molecule has 14 heteroatoms. The molecule has 0 aliphatic heterocycles. The largest absolute Gasteiger partial charge is 0.473 e. The van der Waals surface area contributed by atoms with E-state index in [1.165, 1.54) is 18.8 Å². The summed E-state index contributed by atoms with van der Waals surface area (Å²) in [7, 11) is -3.39. The number of nitrogens with two attached hydrogens (primary N) is 4. The normalized spacial score (nSPS) is 11.1. The molecule has 31 heavy (non-hydrogen) atoms. The van der Waals surface area contributed by atoms with Gasteiger partial charge in [-0.15, -0.1) is 0 Å². The summed E-state index contributed by atoms with van der Waals surface area (Å²) in [5.41, 5.74) is 23.1. The smallest absolute Gasteiger partial charge is 0.328 e. The van der Waals surface area contributed by atoms with Crippen molar-refractivity contribution in [3.63, 3.8) is 0 Å². The van der Waals surface area contributed by atoms with E-state index in [0.29, 0.717) is 11.1 Å². The van der Waals surface area contributed by atoms with Gasteiger partial charge in [0, 0.05) is 18.8 Å². The predicted octanol–water partition coefficient (Wildman–Crippen LogP) is 1.02. The Labute approximate surface area is 179 Å². The van der Waals surface area contributed by atoms with E-state index >= 15 is 0 Å². The molecule has 0 aromatic carbocycles. The van der Waals surface area contributed by atoms with Crippen molar-refractivity contribution in [1.29, 1.82) is 0 Å². The van der Waals surface area contributed by atoms with Crippen molar-refractivity contribution in [3.8, 4) is 11.8 Å². The Morgan fingerprint density at radius 1 is 0.806 bits per heavy atom. The predicted molar refractivity (Wildman–Crippen MR) is 116 cm³/mol. The topological polar surface area (TPSA) is 210 Å². The number of nitrogen functional groups attached to an aromatic ring is 4. The van der Waals surface area contributed by atoms with Crippen LogP contribution in [0, 0.1) is 0 Å². The molecule has 168 valence electrons. The quantitative estimate of drug-likeness (QED) is 0.262. The minimum absolute atomic E-state index is 0.0146. The van der Waals surface area contributed by atoms with E-state index in [1.54, 1.807) is 0 Å². The Morgan fingerprint density at radius 2 is 1.19 bits per heavy atom. The molecule has 2 heterocycles. The van der Waals surface area contributed by atoms with Gasteiger partial charge < -0.3 is 41.5 Å². The number of aromatic nitrogens is 4. The Morgan fingerprint density at radius 3 is 1.55 bits per heavy atom. The number of ether oxygens (including phenoxy) is 2. The second-order valence-corrected chi connectivity index (χ2v) is 8.43. The minimum atomic E-state index is -3.39. The Hall–Kier alpha value is -3.41. The molecule has 0 bridgehead atoms. The molecule has 0 unspecified atom stereocenters. The third-order valence-electron chi connectivity index (χ3n) is 3.33. The highest BCUT2D eigenvalue weighted by Crippen LogP contribution is 2.44. The van der Waals surface area contributed by atoms with Crippen LogP contribution in [0.4, 0.5) is 23.5 Å². The van der Waals surface area contributed by atoms with Crippen LogP contribution >= 0.6 is 7.60 Å². The lowest BCUT2D eigenvalue weighted by atomic mass is 10.3. The van der Waals surface area contributed by atoms with E-state index in [1.807, 2.05) is 0 Å². The lowest BCUT2D eigenvalue weighted by molar-refractivity contribution is 0.219. The van der Waals surface area contributed by atoms with E-state index in [9.17, 15) is 4.57 Å². The standard InChI is InChI=1S/C17H25N8O5P/c1-10(6-27-14-4-12(18)22-16(20)24-14)8-29-31(3,26)30-9-11(2)7-28-15-5-13(19)23-17(21)25-15/h4-5H,1-2,6-9H2,3H3,(H4,18,20,22,24)(H4,19,21,23,25). The van der Waals surface area contributed by atoms with Crippen LogP contribution in [0.2, 0.25) is 0 Å². The number of anilines is 4. The second kappa shape index (κ2) is 10.6. The molecule has 0 saturated heterocycles. The molecule has 8 N–H and O–H groups in total. The van der Waals surface area contributed by atoms with Gasteiger partial charge in [-0.05, 0) is 11.1 Å². The molecule has 13 nitrogen and oxygen atoms in total. The summed E-state index contributed by atoms with van der Waals surface area (Å²) in [5, 5.41) is 0. The third-order valence-corrected chi connectivity index (χ3v) is 4.53. The maximum absolute atomic E-state index is 12.4.